The Labute approximate surface area is 134 Å². The molecule has 0 fully saturated rings. The summed E-state index contributed by atoms with van der Waals surface area (Å²) in [5.41, 5.74) is 4.07. The third-order valence-electron chi connectivity index (χ3n) is 3.62. The standard InChI is InChI=1S/C17H19N3OS/c1-5-11-8-15(16-10-22-17(19-16)20(2)3)18-14-9-12(21-4)6-7-13(11)14/h6-10H,5H2,1-4H3. The van der Waals surface area contributed by atoms with Gasteiger partial charge in [-0.3, -0.25) is 0 Å². The highest BCUT2D eigenvalue weighted by Gasteiger charge is 2.11. The molecule has 4 nitrogen and oxygen atoms in total. The largest absolute Gasteiger partial charge is 0.497 e. The summed E-state index contributed by atoms with van der Waals surface area (Å²) < 4.78 is 5.32. The van der Waals surface area contributed by atoms with Gasteiger partial charge in [0.1, 0.15) is 11.4 Å². The molecule has 0 N–H and O–H groups in total. The summed E-state index contributed by atoms with van der Waals surface area (Å²) in [6, 6.07) is 8.19. The van der Waals surface area contributed by atoms with Crippen molar-refractivity contribution in [2.45, 2.75) is 13.3 Å². The molecule has 5 heteroatoms. The summed E-state index contributed by atoms with van der Waals surface area (Å²) >= 11 is 1.63. The quantitative estimate of drug-likeness (QED) is 0.730. The Morgan fingerprint density at radius 2 is 1.95 bits per heavy atom. The van der Waals surface area contributed by atoms with Gasteiger partial charge in [0.2, 0.25) is 0 Å². The second-order valence-corrected chi connectivity index (χ2v) is 6.15. The molecule has 2 aromatic heterocycles. The van der Waals surface area contributed by atoms with E-state index >= 15 is 0 Å². The van der Waals surface area contributed by atoms with Crippen molar-refractivity contribution < 1.29 is 4.74 Å². The van der Waals surface area contributed by atoms with E-state index in [4.69, 9.17) is 9.72 Å². The van der Waals surface area contributed by atoms with Crippen LogP contribution in [-0.2, 0) is 6.42 Å². The third kappa shape index (κ3) is 2.64. The average Bonchev–Trinajstić information content (AvgIpc) is 3.03. The molecule has 0 unspecified atom stereocenters. The fourth-order valence-corrected chi connectivity index (χ4v) is 3.17. The van der Waals surface area contributed by atoms with Crippen molar-refractivity contribution in [3.8, 4) is 17.1 Å². The summed E-state index contributed by atoms with van der Waals surface area (Å²) in [7, 11) is 5.67. The number of methoxy groups -OCH3 is 1. The van der Waals surface area contributed by atoms with Crippen LogP contribution < -0.4 is 9.64 Å². The molecule has 1 aromatic carbocycles. The van der Waals surface area contributed by atoms with Gasteiger partial charge in [-0.1, -0.05) is 6.92 Å². The number of fused-ring (bicyclic) bond motifs is 1. The summed E-state index contributed by atoms with van der Waals surface area (Å²) in [6.07, 6.45) is 0.961. The number of ether oxygens (including phenoxy) is 1. The third-order valence-corrected chi connectivity index (χ3v) is 4.63. The summed E-state index contributed by atoms with van der Waals surface area (Å²) in [4.78, 5) is 11.4. The predicted octanol–water partition coefficient (Wildman–Crippen LogP) is 4.00. The van der Waals surface area contributed by atoms with Crippen molar-refractivity contribution >= 4 is 27.4 Å². The Morgan fingerprint density at radius 3 is 2.59 bits per heavy atom. The van der Waals surface area contributed by atoms with Crippen LogP contribution in [0.2, 0.25) is 0 Å². The van der Waals surface area contributed by atoms with Crippen LogP contribution in [0.15, 0.2) is 29.6 Å². The number of aryl methyl sites for hydroxylation is 1. The lowest BCUT2D eigenvalue weighted by Crippen LogP contribution is -2.07. The molecule has 0 aliphatic heterocycles. The zero-order chi connectivity index (χ0) is 15.7. The lowest BCUT2D eigenvalue weighted by Gasteiger charge is -2.09. The first-order chi connectivity index (χ1) is 10.6. The van der Waals surface area contributed by atoms with Crippen LogP contribution in [0, 0.1) is 0 Å². The number of rotatable bonds is 4. The van der Waals surface area contributed by atoms with Gasteiger partial charge in [-0.15, -0.1) is 11.3 Å². The zero-order valence-electron chi connectivity index (χ0n) is 13.3. The Bertz CT molecular complexity index is 811. The Hall–Kier alpha value is -2.14. The van der Waals surface area contributed by atoms with Gasteiger partial charge in [0, 0.05) is 30.9 Å². The first kappa shape index (κ1) is 14.8. The van der Waals surface area contributed by atoms with Crippen LogP contribution in [0.4, 0.5) is 5.13 Å². The maximum atomic E-state index is 5.32. The highest BCUT2D eigenvalue weighted by Crippen LogP contribution is 2.30. The molecule has 0 aliphatic rings. The number of aromatic nitrogens is 2. The molecule has 0 saturated carbocycles. The molecule has 0 bridgehead atoms. The van der Waals surface area contributed by atoms with Crippen LogP contribution >= 0.6 is 11.3 Å². The predicted molar refractivity (Wildman–Crippen MR) is 93.1 cm³/mol. The lowest BCUT2D eigenvalue weighted by atomic mass is 10.0. The molecular weight excluding hydrogens is 294 g/mol. The topological polar surface area (TPSA) is 38.2 Å². The second kappa shape index (κ2) is 5.93. The molecule has 114 valence electrons. The number of hydrogen-bond donors (Lipinski definition) is 0. The number of pyridine rings is 1. The highest BCUT2D eigenvalue weighted by molar-refractivity contribution is 7.14. The highest BCUT2D eigenvalue weighted by atomic mass is 32.1. The Kier molecular flexibility index (Phi) is 3.98. The Morgan fingerprint density at radius 1 is 1.14 bits per heavy atom. The van der Waals surface area contributed by atoms with Crippen LogP contribution in [0.3, 0.4) is 0 Å². The molecule has 3 aromatic rings. The minimum atomic E-state index is 0.825. The van der Waals surface area contributed by atoms with E-state index < -0.39 is 0 Å². The average molecular weight is 313 g/mol. The molecule has 0 saturated heterocycles. The first-order valence-corrected chi connectivity index (χ1v) is 8.11. The van der Waals surface area contributed by atoms with Crippen molar-refractivity contribution in [1.82, 2.24) is 9.97 Å². The van der Waals surface area contributed by atoms with Crippen molar-refractivity contribution in [3.63, 3.8) is 0 Å². The van der Waals surface area contributed by atoms with Crippen molar-refractivity contribution in [2.24, 2.45) is 0 Å². The van der Waals surface area contributed by atoms with Crippen LogP contribution in [0.5, 0.6) is 5.75 Å². The maximum Gasteiger partial charge on any atom is 0.185 e. The molecule has 0 radical (unpaired) electrons. The van der Waals surface area contributed by atoms with Gasteiger partial charge in [0.15, 0.2) is 5.13 Å². The summed E-state index contributed by atoms with van der Waals surface area (Å²) in [5.74, 6) is 0.825. The number of benzene rings is 1. The van der Waals surface area contributed by atoms with Gasteiger partial charge < -0.3 is 9.64 Å². The van der Waals surface area contributed by atoms with Gasteiger partial charge in [-0.05, 0) is 30.2 Å². The second-order valence-electron chi connectivity index (χ2n) is 5.31. The summed E-state index contributed by atoms with van der Waals surface area (Å²) in [5, 5.41) is 4.22. The minimum Gasteiger partial charge on any atom is -0.497 e. The normalized spacial score (nSPS) is 10.9. The number of hydrogen-bond acceptors (Lipinski definition) is 5. The SMILES string of the molecule is CCc1cc(-c2csc(N(C)C)n2)nc2cc(OC)ccc12. The minimum absolute atomic E-state index is 0.825. The van der Waals surface area contributed by atoms with Crippen molar-refractivity contribution in [3.05, 3.63) is 35.2 Å². The van der Waals surface area contributed by atoms with Crippen LogP contribution in [-0.4, -0.2) is 31.2 Å². The van der Waals surface area contributed by atoms with Crippen molar-refractivity contribution in [1.29, 1.82) is 0 Å². The van der Waals surface area contributed by atoms with E-state index in [1.165, 1.54) is 10.9 Å². The van der Waals surface area contributed by atoms with Gasteiger partial charge in [-0.25, -0.2) is 9.97 Å². The van der Waals surface area contributed by atoms with E-state index in [0.29, 0.717) is 0 Å². The molecule has 22 heavy (non-hydrogen) atoms. The Balaban J connectivity index is 2.16. The zero-order valence-corrected chi connectivity index (χ0v) is 14.1. The first-order valence-electron chi connectivity index (χ1n) is 7.23. The van der Waals surface area contributed by atoms with E-state index in [1.807, 2.05) is 31.1 Å². The molecule has 0 amide bonds. The van der Waals surface area contributed by atoms with Gasteiger partial charge in [0.25, 0.3) is 0 Å². The van der Waals surface area contributed by atoms with Crippen molar-refractivity contribution in [2.75, 3.05) is 26.1 Å². The van der Waals surface area contributed by atoms with E-state index in [1.54, 1.807) is 18.4 Å². The fraction of sp³-hybridized carbons (Fsp3) is 0.294. The fourth-order valence-electron chi connectivity index (χ4n) is 2.42. The van der Waals surface area contributed by atoms with Gasteiger partial charge >= 0.3 is 0 Å². The molecule has 0 atom stereocenters. The van der Waals surface area contributed by atoms with E-state index in [-0.39, 0.29) is 0 Å². The van der Waals surface area contributed by atoms with Crippen LogP contribution in [0.25, 0.3) is 22.3 Å². The van der Waals surface area contributed by atoms with Gasteiger partial charge in [-0.2, -0.15) is 0 Å². The van der Waals surface area contributed by atoms with E-state index in [0.717, 1.165) is 34.2 Å². The molecular formula is C17H19N3OS. The molecule has 0 spiro atoms. The summed E-state index contributed by atoms with van der Waals surface area (Å²) in [6.45, 7) is 2.16. The lowest BCUT2D eigenvalue weighted by molar-refractivity contribution is 0.415. The smallest absolute Gasteiger partial charge is 0.185 e. The maximum absolute atomic E-state index is 5.32. The molecule has 3 rings (SSSR count). The molecule has 0 aliphatic carbocycles. The van der Waals surface area contributed by atoms with E-state index in [9.17, 15) is 0 Å². The number of anilines is 1. The van der Waals surface area contributed by atoms with Gasteiger partial charge in [0.05, 0.1) is 18.3 Å². The monoisotopic (exact) mass is 313 g/mol. The molecule has 2 heterocycles. The van der Waals surface area contributed by atoms with Crippen LogP contribution in [0.1, 0.15) is 12.5 Å². The number of thiazole rings is 1. The number of nitrogens with zero attached hydrogens (tertiary/aromatic N) is 3. The van der Waals surface area contributed by atoms with E-state index in [2.05, 4.69) is 29.4 Å².